The summed E-state index contributed by atoms with van der Waals surface area (Å²) in [6.07, 6.45) is 46.0. The number of ether oxygens (including phenoxy) is 3. The quantitative estimate of drug-likeness (QED) is 0.0303. The molecule has 66 heavy (non-hydrogen) atoms. The largest absolute Gasteiger partial charge is 0.504 e. The van der Waals surface area contributed by atoms with Crippen molar-refractivity contribution < 1.29 is 29.5 Å². The van der Waals surface area contributed by atoms with Crippen molar-refractivity contribution in [1.29, 1.82) is 0 Å². The van der Waals surface area contributed by atoms with Crippen molar-refractivity contribution in [3.05, 3.63) is 36.4 Å². The molecule has 0 aliphatic rings. The van der Waals surface area contributed by atoms with E-state index in [1.54, 1.807) is 18.2 Å². The van der Waals surface area contributed by atoms with E-state index in [9.17, 15) is 15.3 Å². The van der Waals surface area contributed by atoms with Gasteiger partial charge in [0.25, 0.3) is 0 Å². The van der Waals surface area contributed by atoms with E-state index in [0.717, 1.165) is 70.8 Å². The van der Waals surface area contributed by atoms with Gasteiger partial charge < -0.3 is 29.5 Å². The predicted octanol–water partition coefficient (Wildman–Crippen LogP) is 19.5. The number of fused-ring (bicyclic) bond motifs is 6. The number of hydrogen-bond acceptors (Lipinski definition) is 6. The molecule has 0 unspecified atom stereocenters. The van der Waals surface area contributed by atoms with Crippen LogP contribution < -0.4 is 14.2 Å². The van der Waals surface area contributed by atoms with Crippen molar-refractivity contribution in [1.82, 2.24) is 0 Å². The number of unbranched alkanes of at least 4 members (excludes halogenated alkanes) is 33. The van der Waals surface area contributed by atoms with E-state index in [1.807, 2.05) is 18.2 Å². The van der Waals surface area contributed by atoms with Crippen LogP contribution in [0.2, 0.25) is 0 Å². The van der Waals surface area contributed by atoms with Crippen LogP contribution in [0, 0.1) is 0 Å². The molecule has 0 amide bonds. The fraction of sp³-hybridized carbons (Fsp3) is 0.700. The average Bonchev–Trinajstić information content (AvgIpc) is 3.31. The summed E-state index contributed by atoms with van der Waals surface area (Å²) in [4.78, 5) is 0. The first-order valence-corrected chi connectivity index (χ1v) is 28.0. The van der Waals surface area contributed by atoms with E-state index in [0.29, 0.717) is 37.1 Å². The van der Waals surface area contributed by atoms with Crippen LogP contribution in [0.3, 0.4) is 0 Å². The molecule has 0 aromatic heterocycles. The zero-order chi connectivity index (χ0) is 46.9. The molecule has 3 N–H and O–H groups in total. The SMILES string of the molecule is CCCCCCCCCCCCCCOc1cc2c(cc1O)c1cc(O)c(OCCCCCCCCCCCCCC)cc1c1cc(OCCCCCCCCCCCCCC)c(O)cc21. The van der Waals surface area contributed by atoms with Crippen molar-refractivity contribution >= 4 is 32.3 Å². The standard InChI is InChI=1S/C60H96O6/c1-4-7-10-13-16-19-22-25-28-31-34-37-40-64-58-46-52-49(43-55(58)61)50-44-56(62)59(65-41-38-35-32-29-26-23-20-17-14-11-8-5-2)47-53(50)54-48-60(57(63)45-51(52)54)66-42-39-36-33-30-27-24-21-18-15-12-9-6-3/h43-48,61-63H,4-42H2,1-3H3. The van der Waals surface area contributed by atoms with Gasteiger partial charge in [0.15, 0.2) is 34.5 Å². The van der Waals surface area contributed by atoms with Crippen LogP contribution >= 0.6 is 0 Å². The van der Waals surface area contributed by atoms with E-state index in [1.165, 1.54) is 193 Å². The summed E-state index contributed by atoms with van der Waals surface area (Å²) >= 11 is 0. The summed E-state index contributed by atoms with van der Waals surface area (Å²) in [6.45, 7) is 8.44. The summed E-state index contributed by atoms with van der Waals surface area (Å²) in [5.74, 6) is 1.59. The number of phenolic OH excluding ortho intramolecular Hbond substituents is 3. The maximum Gasteiger partial charge on any atom is 0.161 e. The summed E-state index contributed by atoms with van der Waals surface area (Å²) < 4.78 is 18.8. The summed E-state index contributed by atoms with van der Waals surface area (Å²) in [7, 11) is 0. The molecule has 0 fully saturated rings. The minimum Gasteiger partial charge on any atom is -0.504 e. The van der Waals surface area contributed by atoms with E-state index in [-0.39, 0.29) is 17.2 Å². The molecule has 0 atom stereocenters. The van der Waals surface area contributed by atoms with Crippen LogP contribution in [0.1, 0.15) is 252 Å². The number of rotatable bonds is 42. The normalized spacial score (nSPS) is 11.7. The highest BCUT2D eigenvalue weighted by Crippen LogP contribution is 2.46. The third kappa shape index (κ3) is 20.8. The van der Waals surface area contributed by atoms with E-state index < -0.39 is 0 Å². The zero-order valence-corrected chi connectivity index (χ0v) is 42.6. The monoisotopic (exact) mass is 913 g/mol. The Labute approximate surface area is 403 Å². The Morgan fingerprint density at radius 1 is 0.242 bits per heavy atom. The first kappa shape index (κ1) is 55.1. The van der Waals surface area contributed by atoms with Crippen LogP contribution in [0.15, 0.2) is 36.4 Å². The highest BCUT2D eigenvalue weighted by atomic mass is 16.5. The molecule has 372 valence electrons. The average molecular weight is 913 g/mol. The lowest BCUT2D eigenvalue weighted by Crippen LogP contribution is -2.00. The highest BCUT2D eigenvalue weighted by molar-refractivity contribution is 6.26. The molecule has 4 rings (SSSR count). The van der Waals surface area contributed by atoms with Crippen molar-refractivity contribution in [2.24, 2.45) is 0 Å². The molecule has 4 aromatic carbocycles. The van der Waals surface area contributed by atoms with E-state index >= 15 is 0 Å². The van der Waals surface area contributed by atoms with E-state index in [2.05, 4.69) is 20.8 Å². The van der Waals surface area contributed by atoms with Crippen molar-refractivity contribution in [2.75, 3.05) is 19.8 Å². The fourth-order valence-electron chi connectivity index (χ4n) is 9.76. The van der Waals surface area contributed by atoms with Gasteiger partial charge in [-0.15, -0.1) is 0 Å². The highest BCUT2D eigenvalue weighted by Gasteiger charge is 2.18. The fourth-order valence-corrected chi connectivity index (χ4v) is 9.76. The van der Waals surface area contributed by atoms with Gasteiger partial charge in [0.2, 0.25) is 0 Å². The Bertz CT molecular complexity index is 1870. The van der Waals surface area contributed by atoms with Gasteiger partial charge in [-0.05, 0) is 88.0 Å². The van der Waals surface area contributed by atoms with Gasteiger partial charge in [-0.2, -0.15) is 0 Å². The molecule has 0 radical (unpaired) electrons. The molecule has 6 heteroatoms. The lowest BCUT2D eigenvalue weighted by molar-refractivity contribution is 0.289. The minimum absolute atomic E-state index is 0.0699. The Morgan fingerprint density at radius 2 is 0.409 bits per heavy atom. The van der Waals surface area contributed by atoms with Crippen molar-refractivity contribution in [3.8, 4) is 34.5 Å². The van der Waals surface area contributed by atoms with Crippen LogP contribution in [0.5, 0.6) is 34.5 Å². The Kier molecular flexibility index (Phi) is 29.0. The molecular weight excluding hydrogens is 817 g/mol. The second-order valence-corrected chi connectivity index (χ2v) is 19.8. The second kappa shape index (κ2) is 34.7. The van der Waals surface area contributed by atoms with Gasteiger partial charge in [0.1, 0.15) is 0 Å². The Balaban J connectivity index is 1.38. The van der Waals surface area contributed by atoms with Gasteiger partial charge in [-0.25, -0.2) is 0 Å². The van der Waals surface area contributed by atoms with Crippen molar-refractivity contribution in [3.63, 3.8) is 0 Å². The maximum atomic E-state index is 11.4. The zero-order valence-electron chi connectivity index (χ0n) is 42.6. The smallest absolute Gasteiger partial charge is 0.161 e. The van der Waals surface area contributed by atoms with Gasteiger partial charge in [0, 0.05) is 0 Å². The molecule has 0 spiro atoms. The minimum atomic E-state index is 0.0699. The first-order chi connectivity index (χ1) is 32.5. The van der Waals surface area contributed by atoms with Crippen LogP contribution in [0.4, 0.5) is 0 Å². The van der Waals surface area contributed by atoms with E-state index in [4.69, 9.17) is 14.2 Å². The third-order valence-corrected chi connectivity index (χ3v) is 13.9. The molecule has 0 aliphatic heterocycles. The van der Waals surface area contributed by atoms with Gasteiger partial charge >= 0.3 is 0 Å². The lowest BCUT2D eigenvalue weighted by Gasteiger charge is -2.17. The topological polar surface area (TPSA) is 88.4 Å². The Hall–Kier alpha value is -3.54. The second-order valence-electron chi connectivity index (χ2n) is 19.8. The predicted molar refractivity (Wildman–Crippen MR) is 284 cm³/mol. The summed E-state index contributed by atoms with van der Waals surface area (Å²) in [5, 5.41) is 39.1. The number of aromatic hydroxyl groups is 3. The molecule has 0 heterocycles. The molecule has 0 saturated carbocycles. The third-order valence-electron chi connectivity index (χ3n) is 13.9. The molecular formula is C60H96O6. The van der Waals surface area contributed by atoms with Gasteiger partial charge in [-0.3, -0.25) is 0 Å². The van der Waals surface area contributed by atoms with Crippen molar-refractivity contribution in [2.45, 2.75) is 252 Å². The van der Waals surface area contributed by atoms with Crippen LogP contribution in [-0.4, -0.2) is 35.1 Å². The summed E-state index contributed by atoms with van der Waals surface area (Å²) in [6, 6.07) is 11.1. The Morgan fingerprint density at radius 3 is 0.606 bits per heavy atom. The number of phenols is 3. The number of benzene rings is 4. The maximum absolute atomic E-state index is 11.4. The van der Waals surface area contributed by atoms with Gasteiger partial charge in [-0.1, -0.05) is 233 Å². The number of hydrogen-bond donors (Lipinski definition) is 3. The molecule has 0 bridgehead atoms. The lowest BCUT2D eigenvalue weighted by atomic mass is 9.93. The van der Waals surface area contributed by atoms with Crippen LogP contribution in [-0.2, 0) is 0 Å². The summed E-state index contributed by atoms with van der Waals surface area (Å²) in [5.41, 5.74) is 0. The molecule has 4 aromatic rings. The molecule has 0 saturated heterocycles. The first-order valence-electron chi connectivity index (χ1n) is 28.0. The van der Waals surface area contributed by atoms with Crippen LogP contribution in [0.25, 0.3) is 32.3 Å². The molecule has 0 aliphatic carbocycles. The van der Waals surface area contributed by atoms with Gasteiger partial charge in [0.05, 0.1) is 19.8 Å². The molecule has 6 nitrogen and oxygen atoms in total.